The molecular weight excluding hydrogens is 183 g/mol. The predicted molar refractivity (Wildman–Crippen MR) is 31.2 cm³/mol. The van der Waals surface area contributed by atoms with Gasteiger partial charge >= 0.3 is 39.9 Å². The second-order valence-corrected chi connectivity index (χ2v) is 2.54. The van der Waals surface area contributed by atoms with E-state index in [4.69, 9.17) is 0 Å². The maximum absolute atomic E-state index is 10.2. The number of nitrogens with zero attached hydrogens (tertiary/aromatic N) is 2. The Morgan fingerprint density at radius 2 is 2.36 bits per heavy atom. The summed E-state index contributed by atoms with van der Waals surface area (Å²) >= 11 is 0. The summed E-state index contributed by atoms with van der Waals surface area (Å²) in [5.74, 6) is -0.178. The Balaban J connectivity index is 0. The molecule has 0 atom stereocenters. The van der Waals surface area contributed by atoms with E-state index >= 15 is 0 Å². The second kappa shape index (κ2) is 4.02. The van der Waals surface area contributed by atoms with Crippen molar-refractivity contribution in [3.8, 4) is 5.88 Å². The largest absolute Gasteiger partial charge is 1.00 e. The summed E-state index contributed by atoms with van der Waals surface area (Å²) in [5.41, 5.74) is 0. The van der Waals surface area contributed by atoms with Gasteiger partial charge in [0.05, 0.1) is 0 Å². The molecule has 0 radical (unpaired) electrons. The van der Waals surface area contributed by atoms with Gasteiger partial charge in [-0.25, -0.2) is 0 Å². The summed E-state index contributed by atoms with van der Waals surface area (Å²) in [7, 11) is -3.97. The van der Waals surface area contributed by atoms with E-state index in [1.807, 2.05) is 0 Å². The van der Waals surface area contributed by atoms with Gasteiger partial charge in [0.15, 0.2) is 0 Å². The zero-order chi connectivity index (χ0) is 7.61. The molecular formula is C2H5N4NaO3S. The van der Waals surface area contributed by atoms with Crippen molar-refractivity contribution in [2.24, 2.45) is 5.14 Å². The Morgan fingerprint density at radius 1 is 1.73 bits per heavy atom. The molecule has 58 valence electrons. The first-order valence-electron chi connectivity index (χ1n) is 2.16. The van der Waals surface area contributed by atoms with Crippen LogP contribution in [0.15, 0.2) is 6.20 Å². The number of aromatic amines is 1. The standard InChI is InChI=1S/C2H4N4O3S.Na.H/c3-10(7,8)9-2-1-4-6-5-2;;/h1H,(H2,3,7,8)(H,4,5,6);;/q;+1;-1. The molecule has 0 amide bonds. The van der Waals surface area contributed by atoms with Gasteiger partial charge in [-0.05, 0) is 0 Å². The first-order valence-corrected chi connectivity index (χ1v) is 3.63. The van der Waals surface area contributed by atoms with Crippen LogP contribution in [0.5, 0.6) is 5.88 Å². The van der Waals surface area contributed by atoms with Crippen LogP contribution < -0.4 is 38.9 Å². The maximum atomic E-state index is 10.2. The van der Waals surface area contributed by atoms with Crippen LogP contribution in [0.3, 0.4) is 0 Å². The van der Waals surface area contributed by atoms with Gasteiger partial charge in [-0.3, -0.25) is 0 Å². The molecule has 0 saturated heterocycles. The van der Waals surface area contributed by atoms with Crippen molar-refractivity contribution in [2.75, 3.05) is 0 Å². The van der Waals surface area contributed by atoms with Crippen LogP contribution in [-0.4, -0.2) is 23.8 Å². The van der Waals surface area contributed by atoms with Crippen molar-refractivity contribution in [1.82, 2.24) is 15.4 Å². The third kappa shape index (κ3) is 4.32. The molecule has 1 aromatic rings. The predicted octanol–water partition coefficient (Wildman–Crippen LogP) is -4.50. The summed E-state index contributed by atoms with van der Waals surface area (Å²) in [6.45, 7) is 0. The van der Waals surface area contributed by atoms with Gasteiger partial charge in [-0.2, -0.15) is 23.9 Å². The zero-order valence-corrected chi connectivity index (χ0v) is 8.50. The van der Waals surface area contributed by atoms with E-state index in [9.17, 15) is 8.42 Å². The van der Waals surface area contributed by atoms with E-state index in [0.717, 1.165) is 6.20 Å². The Kier molecular flexibility index (Phi) is 3.97. The van der Waals surface area contributed by atoms with Gasteiger partial charge < -0.3 is 5.61 Å². The first kappa shape index (κ1) is 10.8. The molecule has 3 N–H and O–H groups in total. The van der Waals surface area contributed by atoms with E-state index in [1.165, 1.54) is 0 Å². The number of hydrogen-bond acceptors (Lipinski definition) is 5. The molecule has 0 bridgehead atoms. The average molecular weight is 188 g/mol. The number of aromatic nitrogens is 3. The fourth-order valence-corrected chi connectivity index (χ4v) is 0.669. The summed E-state index contributed by atoms with van der Waals surface area (Å²) in [6.07, 6.45) is 1.09. The Hall–Kier alpha value is -0.150. The second-order valence-electron chi connectivity index (χ2n) is 1.38. The van der Waals surface area contributed by atoms with Gasteiger partial charge in [-0.1, -0.05) is 0 Å². The maximum Gasteiger partial charge on any atom is 1.00 e. The van der Waals surface area contributed by atoms with Gasteiger partial charge in [0, 0.05) is 0 Å². The van der Waals surface area contributed by atoms with E-state index in [2.05, 4.69) is 24.7 Å². The number of nitrogens with two attached hydrogens (primary N) is 1. The monoisotopic (exact) mass is 188 g/mol. The van der Waals surface area contributed by atoms with Crippen LogP contribution in [-0.2, 0) is 10.3 Å². The molecule has 0 fully saturated rings. The molecule has 0 unspecified atom stereocenters. The van der Waals surface area contributed by atoms with Crippen LogP contribution in [0.1, 0.15) is 1.43 Å². The SMILES string of the molecule is NS(=O)(=O)Oc1cn[nH]n1.[H-].[Na+]. The molecule has 0 aromatic carbocycles. The number of H-pyrrole nitrogens is 1. The van der Waals surface area contributed by atoms with E-state index in [-0.39, 0.29) is 36.9 Å². The van der Waals surface area contributed by atoms with Crippen LogP contribution in [0, 0.1) is 0 Å². The Morgan fingerprint density at radius 3 is 2.73 bits per heavy atom. The molecule has 0 aliphatic heterocycles. The van der Waals surface area contributed by atoms with Crippen molar-refractivity contribution >= 4 is 10.3 Å². The summed E-state index contributed by atoms with van der Waals surface area (Å²) in [6, 6.07) is 0. The van der Waals surface area contributed by atoms with Crippen LogP contribution >= 0.6 is 0 Å². The normalized spacial score (nSPS) is 10.3. The fourth-order valence-electron chi connectivity index (χ4n) is 0.350. The van der Waals surface area contributed by atoms with Crippen molar-refractivity contribution in [3.05, 3.63) is 6.20 Å². The van der Waals surface area contributed by atoms with E-state index in [0.29, 0.717) is 0 Å². The molecule has 0 spiro atoms. The van der Waals surface area contributed by atoms with Crippen molar-refractivity contribution in [2.45, 2.75) is 0 Å². The van der Waals surface area contributed by atoms with Gasteiger partial charge in [0.25, 0.3) is 5.88 Å². The third-order valence-corrected chi connectivity index (χ3v) is 0.998. The minimum atomic E-state index is -3.97. The molecule has 0 saturated carbocycles. The van der Waals surface area contributed by atoms with Crippen LogP contribution in [0.25, 0.3) is 0 Å². The van der Waals surface area contributed by atoms with E-state index < -0.39 is 10.3 Å². The quantitative estimate of drug-likeness (QED) is 0.454. The van der Waals surface area contributed by atoms with Crippen LogP contribution in [0.2, 0.25) is 0 Å². The zero-order valence-electron chi connectivity index (χ0n) is 6.68. The molecule has 1 heterocycles. The molecule has 11 heavy (non-hydrogen) atoms. The smallest absolute Gasteiger partial charge is 1.00 e. The van der Waals surface area contributed by atoms with Gasteiger partial charge in [0.2, 0.25) is 0 Å². The van der Waals surface area contributed by atoms with Gasteiger partial charge in [0.1, 0.15) is 6.20 Å². The van der Waals surface area contributed by atoms with Crippen molar-refractivity contribution in [1.29, 1.82) is 0 Å². The minimum absolute atomic E-state index is 0. The average Bonchev–Trinajstić information content (AvgIpc) is 2.12. The third-order valence-electron chi connectivity index (χ3n) is 0.594. The minimum Gasteiger partial charge on any atom is -1.00 e. The fraction of sp³-hybridized carbons (Fsp3) is 0. The van der Waals surface area contributed by atoms with Crippen molar-refractivity contribution in [3.63, 3.8) is 0 Å². The summed E-state index contributed by atoms with van der Waals surface area (Å²) in [5, 5.41) is 13.2. The topological polar surface area (TPSA) is 111 Å². The molecule has 1 aromatic heterocycles. The number of nitrogens with one attached hydrogen (secondary N) is 1. The molecule has 1 rings (SSSR count). The molecule has 0 aliphatic carbocycles. The number of rotatable bonds is 2. The van der Waals surface area contributed by atoms with Crippen molar-refractivity contribution < 1.29 is 43.6 Å². The van der Waals surface area contributed by atoms with Crippen LogP contribution in [0.4, 0.5) is 0 Å². The van der Waals surface area contributed by atoms with E-state index in [1.54, 1.807) is 0 Å². The summed E-state index contributed by atoms with van der Waals surface area (Å²) < 4.78 is 24.4. The molecule has 0 aliphatic rings. The summed E-state index contributed by atoms with van der Waals surface area (Å²) in [4.78, 5) is 0. The Bertz CT molecular complexity index is 298. The first-order chi connectivity index (χ1) is 4.58. The van der Waals surface area contributed by atoms with Gasteiger partial charge in [-0.15, -0.1) is 5.10 Å². The Labute approximate surface area is 86.3 Å². The molecule has 9 heteroatoms. The molecule has 7 nitrogen and oxygen atoms in total. The number of hydrogen-bond donors (Lipinski definition) is 2.